The Bertz CT molecular complexity index is 1030. The number of carbonyl (C=O) groups is 3. The molecule has 1 saturated heterocycles. The molecule has 0 atom stereocenters. The molecule has 0 spiro atoms. The molecule has 1 fully saturated rings. The van der Waals surface area contributed by atoms with Crippen LogP contribution in [-0.2, 0) is 24.3 Å². The molecule has 30 heavy (non-hydrogen) atoms. The molecule has 0 saturated carbocycles. The standard InChI is InChI=1S/C18H20N4O7S/c1-13(23)21-6-8-22(9-7-21)30(26,27)15-4-2-3-14(11-15)18(25)28-12-17(24)19-16-5-10-29-20-16/h2-5,10-11H,6-9,12H2,1H3,(H,19,20,24). The van der Waals surface area contributed by atoms with Gasteiger partial charge in [0.25, 0.3) is 5.91 Å². The Hall–Kier alpha value is -3.25. The van der Waals surface area contributed by atoms with Gasteiger partial charge in [0.15, 0.2) is 12.4 Å². The number of ether oxygens (including phenoxy) is 1. The minimum Gasteiger partial charge on any atom is -0.452 e. The van der Waals surface area contributed by atoms with Crippen molar-refractivity contribution in [3.63, 3.8) is 0 Å². The van der Waals surface area contributed by atoms with E-state index < -0.39 is 28.5 Å². The lowest BCUT2D eigenvalue weighted by atomic mass is 10.2. The van der Waals surface area contributed by atoms with Crippen molar-refractivity contribution in [1.82, 2.24) is 14.4 Å². The van der Waals surface area contributed by atoms with E-state index >= 15 is 0 Å². The van der Waals surface area contributed by atoms with E-state index in [0.717, 1.165) is 0 Å². The smallest absolute Gasteiger partial charge is 0.338 e. The number of piperazine rings is 1. The zero-order valence-corrected chi connectivity index (χ0v) is 16.9. The lowest BCUT2D eigenvalue weighted by Crippen LogP contribution is -2.49. The molecule has 3 rings (SSSR count). The van der Waals surface area contributed by atoms with Gasteiger partial charge < -0.3 is 19.5 Å². The molecule has 2 aromatic rings. The van der Waals surface area contributed by atoms with Crippen LogP contribution < -0.4 is 5.32 Å². The average molecular weight is 436 g/mol. The number of rotatable bonds is 6. The number of hydrogen-bond donors (Lipinski definition) is 1. The molecule has 0 radical (unpaired) electrons. The predicted molar refractivity (Wildman–Crippen MR) is 103 cm³/mol. The molecule has 11 nitrogen and oxygen atoms in total. The fourth-order valence-corrected chi connectivity index (χ4v) is 4.31. The zero-order valence-electron chi connectivity index (χ0n) is 16.1. The summed E-state index contributed by atoms with van der Waals surface area (Å²) in [7, 11) is -3.84. The van der Waals surface area contributed by atoms with Crippen LogP contribution in [0, 0.1) is 0 Å². The molecule has 2 heterocycles. The maximum absolute atomic E-state index is 12.9. The van der Waals surface area contributed by atoms with Crippen LogP contribution in [0.15, 0.2) is 46.0 Å². The maximum atomic E-state index is 12.9. The summed E-state index contributed by atoms with van der Waals surface area (Å²) in [6.07, 6.45) is 1.27. The van der Waals surface area contributed by atoms with Gasteiger partial charge in [0.05, 0.1) is 10.5 Å². The third-order valence-corrected chi connectivity index (χ3v) is 6.33. The lowest BCUT2D eigenvalue weighted by Gasteiger charge is -2.33. The summed E-state index contributed by atoms with van der Waals surface area (Å²) in [5.74, 6) is -1.40. The third kappa shape index (κ3) is 5.02. The number of sulfonamides is 1. The van der Waals surface area contributed by atoms with Crippen LogP contribution in [0.5, 0.6) is 0 Å². The number of benzene rings is 1. The second-order valence-corrected chi connectivity index (χ2v) is 8.38. The Morgan fingerprint density at radius 3 is 2.53 bits per heavy atom. The summed E-state index contributed by atoms with van der Waals surface area (Å²) in [6, 6.07) is 6.81. The van der Waals surface area contributed by atoms with Crippen molar-refractivity contribution < 1.29 is 32.1 Å². The van der Waals surface area contributed by atoms with E-state index in [2.05, 4.69) is 15.0 Å². The monoisotopic (exact) mass is 436 g/mol. The molecular formula is C18H20N4O7S. The second kappa shape index (κ2) is 9.05. The molecular weight excluding hydrogens is 416 g/mol. The largest absolute Gasteiger partial charge is 0.452 e. The molecule has 1 aliphatic heterocycles. The number of hydrogen-bond acceptors (Lipinski definition) is 8. The normalized spacial score (nSPS) is 14.9. The Labute approximate surface area is 172 Å². The van der Waals surface area contributed by atoms with Crippen LogP contribution in [0.4, 0.5) is 5.82 Å². The van der Waals surface area contributed by atoms with Crippen LogP contribution >= 0.6 is 0 Å². The number of anilines is 1. The predicted octanol–water partition coefficient (Wildman–Crippen LogP) is 0.323. The highest BCUT2D eigenvalue weighted by Gasteiger charge is 2.29. The fraction of sp³-hybridized carbons (Fsp3) is 0.333. The van der Waals surface area contributed by atoms with Crippen molar-refractivity contribution >= 4 is 33.6 Å². The fourth-order valence-electron chi connectivity index (χ4n) is 2.85. The molecule has 2 amide bonds. The van der Waals surface area contributed by atoms with Crippen molar-refractivity contribution in [2.45, 2.75) is 11.8 Å². The van der Waals surface area contributed by atoms with Crippen LogP contribution in [0.2, 0.25) is 0 Å². The topological polar surface area (TPSA) is 139 Å². The van der Waals surface area contributed by atoms with E-state index in [1.807, 2.05) is 0 Å². The lowest BCUT2D eigenvalue weighted by molar-refractivity contribution is -0.130. The Morgan fingerprint density at radius 1 is 1.17 bits per heavy atom. The molecule has 0 bridgehead atoms. The van der Waals surface area contributed by atoms with Crippen molar-refractivity contribution in [1.29, 1.82) is 0 Å². The first kappa shape index (κ1) is 21.5. The van der Waals surface area contributed by atoms with Gasteiger partial charge in [0, 0.05) is 39.2 Å². The maximum Gasteiger partial charge on any atom is 0.338 e. The van der Waals surface area contributed by atoms with Crippen molar-refractivity contribution in [2.75, 3.05) is 38.1 Å². The summed E-state index contributed by atoms with van der Waals surface area (Å²) in [5, 5.41) is 5.87. The van der Waals surface area contributed by atoms with E-state index in [0.29, 0.717) is 13.1 Å². The number of nitrogens with zero attached hydrogens (tertiary/aromatic N) is 3. The van der Waals surface area contributed by atoms with E-state index in [4.69, 9.17) is 4.74 Å². The second-order valence-electron chi connectivity index (χ2n) is 6.45. The van der Waals surface area contributed by atoms with Gasteiger partial charge in [-0.1, -0.05) is 11.2 Å². The first-order valence-electron chi connectivity index (χ1n) is 9.00. The Morgan fingerprint density at radius 2 is 1.90 bits per heavy atom. The van der Waals surface area contributed by atoms with Gasteiger partial charge in [-0.05, 0) is 18.2 Å². The Balaban J connectivity index is 1.62. The van der Waals surface area contributed by atoms with E-state index in [-0.39, 0.29) is 35.3 Å². The van der Waals surface area contributed by atoms with Gasteiger partial charge in [-0.3, -0.25) is 9.59 Å². The molecule has 1 N–H and O–H groups in total. The number of nitrogens with one attached hydrogen (secondary N) is 1. The number of esters is 1. The highest BCUT2D eigenvalue weighted by Crippen LogP contribution is 2.19. The molecule has 1 aliphatic rings. The van der Waals surface area contributed by atoms with Gasteiger partial charge in [0.2, 0.25) is 15.9 Å². The van der Waals surface area contributed by atoms with Crippen molar-refractivity contribution in [3.05, 3.63) is 42.2 Å². The SMILES string of the molecule is CC(=O)N1CCN(S(=O)(=O)c2cccc(C(=O)OCC(=O)Nc3ccon3)c2)CC1. The number of carbonyl (C=O) groups excluding carboxylic acids is 3. The molecule has 12 heteroatoms. The summed E-state index contributed by atoms with van der Waals surface area (Å²) < 4.78 is 36.5. The Kier molecular flexibility index (Phi) is 6.47. The minimum atomic E-state index is -3.84. The van der Waals surface area contributed by atoms with Crippen molar-refractivity contribution in [2.24, 2.45) is 0 Å². The van der Waals surface area contributed by atoms with Crippen molar-refractivity contribution in [3.8, 4) is 0 Å². The average Bonchev–Trinajstić information content (AvgIpc) is 3.25. The highest BCUT2D eigenvalue weighted by molar-refractivity contribution is 7.89. The summed E-state index contributed by atoms with van der Waals surface area (Å²) in [5.41, 5.74) is -0.00677. The van der Waals surface area contributed by atoms with E-state index in [1.54, 1.807) is 4.90 Å². The number of aromatic nitrogens is 1. The third-order valence-electron chi connectivity index (χ3n) is 4.43. The van der Waals surface area contributed by atoms with Crippen LogP contribution in [0.1, 0.15) is 17.3 Å². The van der Waals surface area contributed by atoms with Crippen LogP contribution in [-0.4, -0.2) is 73.3 Å². The highest BCUT2D eigenvalue weighted by atomic mass is 32.2. The van der Waals surface area contributed by atoms with Gasteiger partial charge in [-0.15, -0.1) is 0 Å². The number of amides is 2. The van der Waals surface area contributed by atoms with Gasteiger partial charge in [-0.25, -0.2) is 13.2 Å². The first-order chi connectivity index (χ1) is 14.3. The first-order valence-corrected chi connectivity index (χ1v) is 10.4. The summed E-state index contributed by atoms with van der Waals surface area (Å²) >= 11 is 0. The van der Waals surface area contributed by atoms with Gasteiger partial charge >= 0.3 is 5.97 Å². The quantitative estimate of drug-likeness (QED) is 0.639. The molecule has 0 unspecified atom stereocenters. The molecule has 1 aromatic carbocycles. The van der Waals surface area contributed by atoms with E-state index in [1.165, 1.54) is 47.8 Å². The zero-order chi connectivity index (χ0) is 21.7. The minimum absolute atomic E-state index is 0.00677. The van der Waals surface area contributed by atoms with Gasteiger partial charge in [0.1, 0.15) is 6.26 Å². The van der Waals surface area contributed by atoms with E-state index in [9.17, 15) is 22.8 Å². The van der Waals surface area contributed by atoms with Crippen LogP contribution in [0.3, 0.4) is 0 Å². The molecule has 1 aromatic heterocycles. The molecule has 0 aliphatic carbocycles. The van der Waals surface area contributed by atoms with Crippen LogP contribution in [0.25, 0.3) is 0 Å². The van der Waals surface area contributed by atoms with Gasteiger partial charge in [-0.2, -0.15) is 4.31 Å². The molecule has 160 valence electrons. The summed E-state index contributed by atoms with van der Waals surface area (Å²) in [4.78, 5) is 36.9. The summed E-state index contributed by atoms with van der Waals surface area (Å²) in [6.45, 7) is 1.80.